The molecule has 0 aliphatic rings. The minimum absolute atomic E-state index is 0.183. The summed E-state index contributed by atoms with van der Waals surface area (Å²) in [6.45, 7) is 10.4. The van der Waals surface area contributed by atoms with E-state index in [1.165, 1.54) is 5.56 Å². The topological polar surface area (TPSA) is 29.3 Å². The molecule has 0 spiro atoms. The van der Waals surface area contributed by atoms with E-state index in [4.69, 9.17) is 5.73 Å². The van der Waals surface area contributed by atoms with Crippen LogP contribution in [0.15, 0.2) is 28.7 Å². The van der Waals surface area contributed by atoms with Crippen molar-refractivity contribution >= 4 is 15.9 Å². The van der Waals surface area contributed by atoms with Crippen LogP contribution in [0.4, 0.5) is 0 Å². The van der Waals surface area contributed by atoms with Gasteiger partial charge in [-0.3, -0.25) is 4.90 Å². The molecular weight excluding hydrogens is 276 g/mol. The summed E-state index contributed by atoms with van der Waals surface area (Å²) in [6, 6.07) is 8.49. The highest BCUT2D eigenvalue weighted by Gasteiger charge is 2.19. The van der Waals surface area contributed by atoms with Crippen LogP contribution in [0, 0.1) is 5.41 Å². The average Bonchev–Trinajstić information content (AvgIpc) is 2.28. The third kappa shape index (κ3) is 5.19. The Morgan fingerprint density at radius 2 is 2.06 bits per heavy atom. The lowest BCUT2D eigenvalue weighted by atomic mass is 9.93. The number of rotatable bonds is 6. The zero-order valence-electron chi connectivity index (χ0n) is 11.0. The molecule has 0 heterocycles. The highest BCUT2D eigenvalue weighted by atomic mass is 79.9. The molecule has 1 aromatic carbocycles. The smallest absolute Gasteiger partial charge is 0.0234 e. The van der Waals surface area contributed by atoms with Crippen molar-refractivity contribution in [2.45, 2.75) is 27.3 Å². The minimum atomic E-state index is 0.183. The number of halogens is 1. The normalized spacial score (nSPS) is 12.1. The molecule has 0 unspecified atom stereocenters. The maximum absolute atomic E-state index is 5.79. The fraction of sp³-hybridized carbons (Fsp3) is 0.571. The number of hydrogen-bond acceptors (Lipinski definition) is 2. The Kier molecular flexibility index (Phi) is 5.63. The van der Waals surface area contributed by atoms with Crippen molar-refractivity contribution < 1.29 is 0 Å². The van der Waals surface area contributed by atoms with Gasteiger partial charge < -0.3 is 5.73 Å². The summed E-state index contributed by atoms with van der Waals surface area (Å²) in [5.74, 6) is 0. The summed E-state index contributed by atoms with van der Waals surface area (Å²) >= 11 is 3.51. The van der Waals surface area contributed by atoms with E-state index < -0.39 is 0 Å². The molecule has 17 heavy (non-hydrogen) atoms. The Morgan fingerprint density at radius 3 is 2.59 bits per heavy atom. The molecule has 2 N–H and O–H groups in total. The first-order valence-corrected chi connectivity index (χ1v) is 6.93. The largest absolute Gasteiger partial charge is 0.330 e. The molecule has 0 fully saturated rings. The Balaban J connectivity index is 2.64. The van der Waals surface area contributed by atoms with E-state index in [2.05, 4.69) is 65.9 Å². The van der Waals surface area contributed by atoms with Gasteiger partial charge in [-0.25, -0.2) is 0 Å². The molecule has 96 valence electrons. The van der Waals surface area contributed by atoms with Crippen molar-refractivity contribution in [1.29, 1.82) is 0 Å². The minimum Gasteiger partial charge on any atom is -0.330 e. The summed E-state index contributed by atoms with van der Waals surface area (Å²) in [4.78, 5) is 2.44. The molecular formula is C14H23BrN2. The first-order chi connectivity index (χ1) is 7.96. The maximum atomic E-state index is 5.79. The molecule has 0 saturated heterocycles. The summed E-state index contributed by atoms with van der Waals surface area (Å²) < 4.78 is 1.14. The SMILES string of the molecule is CCN(Cc1cccc(Br)c1)CC(C)(C)CN. The lowest BCUT2D eigenvalue weighted by Gasteiger charge is -2.31. The summed E-state index contributed by atoms with van der Waals surface area (Å²) in [5, 5.41) is 0. The van der Waals surface area contributed by atoms with E-state index in [0.717, 1.165) is 30.7 Å². The zero-order chi connectivity index (χ0) is 12.9. The molecule has 3 heteroatoms. The van der Waals surface area contributed by atoms with E-state index in [9.17, 15) is 0 Å². The standard InChI is InChI=1S/C14H23BrN2/c1-4-17(11-14(2,3)10-16)9-12-6-5-7-13(15)8-12/h5-8H,4,9-11,16H2,1-3H3. The first kappa shape index (κ1) is 14.7. The van der Waals surface area contributed by atoms with Gasteiger partial charge in [-0.2, -0.15) is 0 Å². The Bertz CT molecular complexity index is 350. The second-order valence-corrected chi connectivity index (χ2v) is 6.22. The van der Waals surface area contributed by atoms with Crippen molar-refractivity contribution in [3.8, 4) is 0 Å². The zero-order valence-corrected chi connectivity index (χ0v) is 12.6. The van der Waals surface area contributed by atoms with E-state index in [-0.39, 0.29) is 5.41 Å². The van der Waals surface area contributed by atoms with Gasteiger partial charge in [0.05, 0.1) is 0 Å². The molecule has 0 aliphatic carbocycles. The van der Waals surface area contributed by atoms with E-state index in [1.807, 2.05) is 0 Å². The van der Waals surface area contributed by atoms with Crippen molar-refractivity contribution in [2.24, 2.45) is 11.1 Å². The number of benzene rings is 1. The van der Waals surface area contributed by atoms with E-state index in [1.54, 1.807) is 0 Å². The predicted molar refractivity (Wildman–Crippen MR) is 77.9 cm³/mol. The Hall–Kier alpha value is -0.380. The molecule has 2 nitrogen and oxygen atoms in total. The van der Waals surface area contributed by atoms with E-state index >= 15 is 0 Å². The van der Waals surface area contributed by atoms with Gasteiger partial charge in [0.1, 0.15) is 0 Å². The van der Waals surface area contributed by atoms with Crippen LogP contribution in [0.2, 0.25) is 0 Å². The highest BCUT2D eigenvalue weighted by Crippen LogP contribution is 2.18. The summed E-state index contributed by atoms with van der Waals surface area (Å²) in [7, 11) is 0. The quantitative estimate of drug-likeness (QED) is 0.873. The van der Waals surface area contributed by atoms with Gasteiger partial charge in [0.25, 0.3) is 0 Å². The van der Waals surface area contributed by atoms with Gasteiger partial charge in [-0.15, -0.1) is 0 Å². The fourth-order valence-electron chi connectivity index (χ4n) is 1.84. The van der Waals surface area contributed by atoms with Gasteiger partial charge in [0, 0.05) is 17.6 Å². The van der Waals surface area contributed by atoms with Gasteiger partial charge in [-0.05, 0) is 36.2 Å². The second-order valence-electron chi connectivity index (χ2n) is 5.30. The number of nitrogens with zero attached hydrogens (tertiary/aromatic N) is 1. The molecule has 0 radical (unpaired) electrons. The van der Waals surface area contributed by atoms with Crippen LogP contribution in [-0.4, -0.2) is 24.5 Å². The molecule has 0 bridgehead atoms. The lowest BCUT2D eigenvalue weighted by molar-refractivity contribution is 0.183. The third-order valence-corrected chi connectivity index (χ3v) is 3.44. The molecule has 0 aliphatic heterocycles. The Morgan fingerprint density at radius 1 is 1.35 bits per heavy atom. The van der Waals surface area contributed by atoms with Gasteiger partial charge in [0.15, 0.2) is 0 Å². The molecule has 0 atom stereocenters. The predicted octanol–water partition coefficient (Wildman–Crippen LogP) is 3.26. The van der Waals surface area contributed by atoms with Crippen LogP contribution >= 0.6 is 15.9 Å². The maximum Gasteiger partial charge on any atom is 0.0234 e. The number of hydrogen-bond donors (Lipinski definition) is 1. The van der Waals surface area contributed by atoms with Gasteiger partial charge >= 0.3 is 0 Å². The molecule has 1 rings (SSSR count). The van der Waals surface area contributed by atoms with Crippen molar-refractivity contribution in [2.75, 3.05) is 19.6 Å². The van der Waals surface area contributed by atoms with Crippen LogP contribution in [-0.2, 0) is 6.54 Å². The highest BCUT2D eigenvalue weighted by molar-refractivity contribution is 9.10. The van der Waals surface area contributed by atoms with Crippen LogP contribution < -0.4 is 5.73 Å². The van der Waals surface area contributed by atoms with Crippen LogP contribution in [0.1, 0.15) is 26.3 Å². The van der Waals surface area contributed by atoms with E-state index in [0.29, 0.717) is 0 Å². The van der Waals surface area contributed by atoms with Crippen molar-refractivity contribution in [3.63, 3.8) is 0 Å². The molecule has 0 amide bonds. The van der Waals surface area contributed by atoms with Crippen LogP contribution in [0.25, 0.3) is 0 Å². The second kappa shape index (κ2) is 6.53. The van der Waals surface area contributed by atoms with Crippen LogP contribution in [0.5, 0.6) is 0 Å². The molecule has 0 aromatic heterocycles. The molecule has 1 aromatic rings. The lowest BCUT2D eigenvalue weighted by Crippen LogP contribution is -2.38. The van der Waals surface area contributed by atoms with Crippen LogP contribution in [0.3, 0.4) is 0 Å². The third-order valence-electron chi connectivity index (χ3n) is 2.95. The Labute approximate surface area is 113 Å². The number of nitrogens with two attached hydrogens (primary N) is 1. The fourth-order valence-corrected chi connectivity index (χ4v) is 2.29. The van der Waals surface area contributed by atoms with Gasteiger partial charge in [0.2, 0.25) is 0 Å². The summed E-state index contributed by atoms with van der Waals surface area (Å²) in [6.07, 6.45) is 0. The summed E-state index contributed by atoms with van der Waals surface area (Å²) in [5.41, 5.74) is 7.32. The molecule has 0 saturated carbocycles. The average molecular weight is 299 g/mol. The first-order valence-electron chi connectivity index (χ1n) is 6.14. The van der Waals surface area contributed by atoms with Gasteiger partial charge in [-0.1, -0.05) is 48.8 Å². The van der Waals surface area contributed by atoms with Crippen molar-refractivity contribution in [1.82, 2.24) is 4.90 Å². The monoisotopic (exact) mass is 298 g/mol. The van der Waals surface area contributed by atoms with Crippen molar-refractivity contribution in [3.05, 3.63) is 34.3 Å².